The number of aromatic nitrogens is 1. The molecule has 0 bridgehead atoms. The van der Waals surface area contributed by atoms with Gasteiger partial charge < -0.3 is 18.8 Å². The number of furan rings is 1. The van der Waals surface area contributed by atoms with Crippen LogP contribution in [-0.4, -0.2) is 11.3 Å². The van der Waals surface area contributed by atoms with E-state index in [1.165, 1.54) is 128 Å². The molecule has 0 saturated carbocycles. The van der Waals surface area contributed by atoms with Crippen LogP contribution in [0.2, 0.25) is 0 Å². The number of hydrogen-bond donors (Lipinski definition) is 0. The van der Waals surface area contributed by atoms with Crippen molar-refractivity contribution in [3.63, 3.8) is 0 Å². The maximum Gasteiger partial charge on any atom is 0.252 e. The zero-order valence-electron chi connectivity index (χ0n) is 49.3. The molecule has 0 amide bonds. The normalized spacial score (nSPS) is 13.7. The average molecular weight is 1030 g/mol. The molecule has 0 aliphatic carbocycles. The van der Waals surface area contributed by atoms with E-state index in [0.717, 1.165) is 27.6 Å². The van der Waals surface area contributed by atoms with Gasteiger partial charge in [0, 0.05) is 50.0 Å². The highest BCUT2D eigenvalue weighted by Gasteiger charge is 2.46. The van der Waals surface area contributed by atoms with Gasteiger partial charge in [-0.3, -0.25) is 0 Å². The highest BCUT2D eigenvalue weighted by atomic mass is 16.3. The fourth-order valence-electron chi connectivity index (χ4n) is 13.4. The third kappa shape index (κ3) is 7.92. The zero-order valence-corrected chi connectivity index (χ0v) is 49.3. The van der Waals surface area contributed by atoms with Crippen molar-refractivity contribution in [2.75, 3.05) is 9.80 Å². The van der Waals surface area contributed by atoms with Crippen LogP contribution in [0.25, 0.3) is 60.6 Å². The summed E-state index contributed by atoms with van der Waals surface area (Å²) in [5, 5.41) is 4.86. The molecule has 9 aromatic carbocycles. The molecular weight excluding hydrogens is 958 g/mol. The average Bonchev–Trinajstić information content (AvgIpc) is 4.15. The van der Waals surface area contributed by atoms with E-state index < -0.39 is 0 Å². The molecule has 0 atom stereocenters. The number of nitrogens with zero attached hydrogens (tertiary/aromatic N) is 3. The molecule has 4 heterocycles. The van der Waals surface area contributed by atoms with Crippen molar-refractivity contribution < 1.29 is 4.42 Å². The van der Waals surface area contributed by atoms with E-state index in [2.05, 4.69) is 283 Å². The molecule has 0 saturated heterocycles. The lowest BCUT2D eigenvalue weighted by atomic mass is 9.33. The summed E-state index contributed by atoms with van der Waals surface area (Å²) in [4.78, 5) is 5.36. The first-order valence-electron chi connectivity index (χ1n) is 28.6. The van der Waals surface area contributed by atoms with Crippen molar-refractivity contribution in [2.45, 2.75) is 132 Å². The Balaban J connectivity index is 1.16. The van der Waals surface area contributed by atoms with E-state index in [-0.39, 0.29) is 28.4 Å². The van der Waals surface area contributed by atoms with E-state index in [9.17, 15) is 0 Å². The molecule has 11 aromatic rings. The molecule has 0 unspecified atom stereocenters. The second kappa shape index (κ2) is 17.4. The van der Waals surface area contributed by atoms with Gasteiger partial charge in [0.1, 0.15) is 11.2 Å². The third-order valence-electron chi connectivity index (χ3n) is 17.6. The Morgan fingerprint density at radius 2 is 0.899 bits per heavy atom. The number of fused-ring (bicyclic) bond motifs is 10. The third-order valence-corrected chi connectivity index (χ3v) is 17.6. The zero-order chi connectivity index (χ0) is 55.6. The maximum atomic E-state index is 6.45. The summed E-state index contributed by atoms with van der Waals surface area (Å²) < 4.78 is 8.97. The largest absolute Gasteiger partial charge is 0.456 e. The van der Waals surface area contributed by atoms with Crippen LogP contribution < -0.4 is 26.2 Å². The highest BCUT2D eigenvalue weighted by molar-refractivity contribution is 7.00. The molecule has 13 rings (SSSR count). The molecule has 79 heavy (non-hydrogen) atoms. The summed E-state index contributed by atoms with van der Waals surface area (Å²) in [7, 11) is 0. The van der Waals surface area contributed by atoms with Crippen LogP contribution in [0.3, 0.4) is 0 Å². The minimum Gasteiger partial charge on any atom is -0.456 e. The Morgan fingerprint density at radius 1 is 0.380 bits per heavy atom. The number of hydrogen-bond acceptors (Lipinski definition) is 3. The lowest BCUT2D eigenvalue weighted by Gasteiger charge is -2.46. The van der Waals surface area contributed by atoms with Gasteiger partial charge in [-0.1, -0.05) is 168 Å². The number of rotatable bonds is 4. The van der Waals surface area contributed by atoms with Gasteiger partial charge in [0.05, 0.1) is 22.4 Å². The van der Waals surface area contributed by atoms with Crippen LogP contribution in [0.5, 0.6) is 0 Å². The SMILES string of the molecule is Cc1cc(-c2cccc3oc4ccccc4c23)cc(C)c1N1c2ccc(C(C)(C)C)cc2B2c3cc4c5cc(C(C)(C)C)ccc5n(-c5ccccc5)c4cc3N(c3c(C)cc(C(C)(C)C)cc3C)c3cc(C(C)(C)C)cc1c32. The van der Waals surface area contributed by atoms with Gasteiger partial charge in [0.2, 0.25) is 0 Å². The van der Waals surface area contributed by atoms with Crippen molar-refractivity contribution in [3.8, 4) is 16.8 Å². The molecule has 2 aliphatic rings. The molecule has 2 aromatic heterocycles. The summed E-state index contributed by atoms with van der Waals surface area (Å²) >= 11 is 0. The maximum absolute atomic E-state index is 6.45. The summed E-state index contributed by atoms with van der Waals surface area (Å²) in [6.45, 7) is 37.5. The molecule has 0 N–H and O–H groups in total. The first kappa shape index (κ1) is 50.7. The van der Waals surface area contributed by atoms with Crippen LogP contribution in [0.4, 0.5) is 34.1 Å². The quantitative estimate of drug-likeness (QED) is 0.164. The van der Waals surface area contributed by atoms with Crippen molar-refractivity contribution >= 4 is 101 Å². The van der Waals surface area contributed by atoms with Crippen LogP contribution in [0.15, 0.2) is 162 Å². The van der Waals surface area contributed by atoms with Gasteiger partial charge in [-0.05, 0) is 194 Å². The summed E-state index contributed by atoms with van der Waals surface area (Å²) in [5.41, 5.74) is 29.2. The summed E-state index contributed by atoms with van der Waals surface area (Å²) in [6.07, 6.45) is 0. The molecule has 5 heteroatoms. The van der Waals surface area contributed by atoms with Crippen LogP contribution >= 0.6 is 0 Å². The molecule has 0 radical (unpaired) electrons. The van der Waals surface area contributed by atoms with E-state index in [0.29, 0.717) is 0 Å². The molecule has 394 valence electrons. The lowest BCUT2D eigenvalue weighted by Crippen LogP contribution is -2.61. The number of aryl methyl sites for hydroxylation is 4. The Morgan fingerprint density at radius 3 is 1.53 bits per heavy atom. The van der Waals surface area contributed by atoms with Crippen molar-refractivity contribution in [1.82, 2.24) is 4.57 Å². The first-order chi connectivity index (χ1) is 37.4. The van der Waals surface area contributed by atoms with Crippen LogP contribution in [-0.2, 0) is 21.7 Å². The minimum absolute atomic E-state index is 0.0158. The summed E-state index contributed by atoms with van der Waals surface area (Å²) in [5.74, 6) is 0. The van der Waals surface area contributed by atoms with E-state index in [1.54, 1.807) is 0 Å². The number of para-hydroxylation sites is 2. The summed E-state index contributed by atoms with van der Waals surface area (Å²) in [6, 6.07) is 60.6. The molecule has 4 nitrogen and oxygen atoms in total. The standard InChI is InChI=1S/C74H74BN3O/c1-43-33-47(53-26-22-28-66-67(53)54-25-20-21-27-65(54)79-66)34-44(2)69(43)77-60-32-30-49(72(8,9)10)38-57(60)75-58-41-56-55-37-48(71(5,6)7)29-31-59(55)76(52-23-18-17-19-24-52)61(56)42-62(58)78(64-40-51(74(14,15)16)39-63(77)68(64)75)70-45(3)35-50(36-46(70)4)73(11,12)13/h17-42H,1-16H3. The monoisotopic (exact) mass is 1030 g/mol. The van der Waals surface area contributed by atoms with Gasteiger partial charge in [-0.2, -0.15) is 0 Å². The number of anilines is 6. The topological polar surface area (TPSA) is 24.6 Å². The Labute approximate surface area is 468 Å². The Hall–Kier alpha value is -7.76. The van der Waals surface area contributed by atoms with E-state index in [4.69, 9.17) is 4.42 Å². The fraction of sp³-hybridized carbons (Fsp3) is 0.270. The van der Waals surface area contributed by atoms with Crippen molar-refractivity contribution in [1.29, 1.82) is 0 Å². The second-order valence-corrected chi connectivity index (χ2v) is 27.3. The Kier molecular flexibility index (Phi) is 11.2. The highest BCUT2D eigenvalue weighted by Crippen LogP contribution is 2.51. The molecule has 0 spiro atoms. The van der Waals surface area contributed by atoms with Crippen molar-refractivity contribution in [2.24, 2.45) is 0 Å². The molecular formula is C74H74BN3O. The number of benzene rings is 9. The predicted octanol–water partition coefficient (Wildman–Crippen LogP) is 18.9. The van der Waals surface area contributed by atoms with E-state index >= 15 is 0 Å². The van der Waals surface area contributed by atoms with Crippen LogP contribution in [0.1, 0.15) is 128 Å². The van der Waals surface area contributed by atoms with Gasteiger partial charge in [0.25, 0.3) is 6.71 Å². The molecule has 2 aliphatic heterocycles. The predicted molar refractivity (Wildman–Crippen MR) is 341 cm³/mol. The van der Waals surface area contributed by atoms with E-state index in [1.807, 2.05) is 0 Å². The second-order valence-electron chi connectivity index (χ2n) is 27.3. The lowest BCUT2D eigenvalue weighted by molar-refractivity contribution is 0.589. The fourth-order valence-corrected chi connectivity index (χ4v) is 13.4. The van der Waals surface area contributed by atoms with Crippen LogP contribution in [0, 0.1) is 27.7 Å². The van der Waals surface area contributed by atoms with Gasteiger partial charge in [0.15, 0.2) is 0 Å². The minimum atomic E-state index is -0.177. The smallest absolute Gasteiger partial charge is 0.252 e. The van der Waals surface area contributed by atoms with Gasteiger partial charge >= 0.3 is 0 Å². The Bertz CT molecular complexity index is 4300. The van der Waals surface area contributed by atoms with Crippen molar-refractivity contribution in [3.05, 3.63) is 202 Å². The first-order valence-corrected chi connectivity index (χ1v) is 28.6. The van der Waals surface area contributed by atoms with Gasteiger partial charge in [-0.15, -0.1) is 0 Å². The van der Waals surface area contributed by atoms with Gasteiger partial charge in [-0.25, -0.2) is 0 Å². The molecule has 0 fully saturated rings.